The Labute approximate surface area is 169 Å². The van der Waals surface area contributed by atoms with Crippen molar-refractivity contribution in [1.29, 1.82) is 0 Å². The molecule has 4 heteroatoms. The molecule has 0 unspecified atom stereocenters. The summed E-state index contributed by atoms with van der Waals surface area (Å²) in [7, 11) is 0. The van der Waals surface area contributed by atoms with E-state index in [-0.39, 0.29) is 5.91 Å². The van der Waals surface area contributed by atoms with Crippen molar-refractivity contribution in [2.75, 3.05) is 5.32 Å². The van der Waals surface area contributed by atoms with Gasteiger partial charge >= 0.3 is 0 Å². The van der Waals surface area contributed by atoms with Crippen LogP contribution in [0.25, 0.3) is 11.3 Å². The summed E-state index contributed by atoms with van der Waals surface area (Å²) in [4.78, 5) is 17.0. The lowest BCUT2D eigenvalue weighted by Crippen LogP contribution is -2.11. The number of pyridine rings is 1. The number of hydrogen-bond donors (Lipinski definition) is 1. The summed E-state index contributed by atoms with van der Waals surface area (Å²) in [6.07, 6.45) is 6.73. The number of unbranched alkanes of at least 4 members (excludes halogenated alkanes) is 2. The van der Waals surface area contributed by atoms with Crippen molar-refractivity contribution in [2.45, 2.75) is 32.6 Å². The first-order chi connectivity index (χ1) is 13.2. The Bertz CT molecular complexity index is 872. The molecule has 1 heterocycles. The summed E-state index contributed by atoms with van der Waals surface area (Å²) in [5.74, 6) is -0.122. The highest BCUT2D eigenvalue weighted by Gasteiger charge is 2.07. The molecule has 1 aromatic heterocycles. The molecule has 0 fully saturated rings. The molecular weight excluding hydrogens is 400 g/mol. The highest BCUT2D eigenvalue weighted by atomic mass is 79.9. The number of nitrogens with one attached hydrogen (secondary N) is 1. The molecule has 0 aliphatic rings. The van der Waals surface area contributed by atoms with Crippen LogP contribution in [0.2, 0.25) is 0 Å². The van der Waals surface area contributed by atoms with Crippen LogP contribution in [0, 0.1) is 0 Å². The van der Waals surface area contributed by atoms with Gasteiger partial charge in [0.1, 0.15) is 0 Å². The molecule has 0 atom stereocenters. The number of amides is 1. The summed E-state index contributed by atoms with van der Waals surface area (Å²) in [6, 6.07) is 19.3. The van der Waals surface area contributed by atoms with E-state index in [0.717, 1.165) is 27.8 Å². The molecular formula is C23H23BrN2O. The molecule has 0 saturated carbocycles. The van der Waals surface area contributed by atoms with Crippen molar-refractivity contribution < 1.29 is 4.79 Å². The van der Waals surface area contributed by atoms with Gasteiger partial charge in [-0.25, -0.2) is 0 Å². The van der Waals surface area contributed by atoms with Crippen molar-refractivity contribution in [3.05, 3.63) is 82.5 Å². The van der Waals surface area contributed by atoms with Crippen LogP contribution in [0.1, 0.15) is 42.1 Å². The molecule has 0 saturated heterocycles. The Morgan fingerprint density at radius 3 is 2.33 bits per heavy atom. The maximum absolute atomic E-state index is 12.4. The SMILES string of the molecule is CCCCCc1ccc(-c2ccc(C(=O)Nc3ccc(Br)cc3)cc2)nc1. The van der Waals surface area contributed by atoms with Gasteiger partial charge in [0.05, 0.1) is 5.69 Å². The van der Waals surface area contributed by atoms with E-state index in [2.05, 4.69) is 45.3 Å². The number of nitrogens with zero attached hydrogens (tertiary/aromatic N) is 1. The molecule has 0 bridgehead atoms. The lowest BCUT2D eigenvalue weighted by atomic mass is 10.1. The zero-order valence-corrected chi connectivity index (χ0v) is 17.0. The van der Waals surface area contributed by atoms with Gasteiger partial charge in [-0.15, -0.1) is 0 Å². The number of hydrogen-bond acceptors (Lipinski definition) is 2. The molecule has 1 amide bonds. The maximum Gasteiger partial charge on any atom is 0.255 e. The van der Waals surface area contributed by atoms with Gasteiger partial charge in [-0.05, 0) is 60.9 Å². The van der Waals surface area contributed by atoms with E-state index in [0.29, 0.717) is 5.56 Å². The molecule has 27 heavy (non-hydrogen) atoms. The smallest absolute Gasteiger partial charge is 0.255 e. The quantitative estimate of drug-likeness (QED) is 0.441. The van der Waals surface area contributed by atoms with Crippen molar-refractivity contribution >= 4 is 27.5 Å². The first kappa shape index (κ1) is 19.3. The number of carbonyl (C=O) groups excluding carboxylic acids is 1. The van der Waals surface area contributed by atoms with E-state index in [1.165, 1.54) is 24.8 Å². The first-order valence-electron chi connectivity index (χ1n) is 9.28. The van der Waals surface area contributed by atoms with Gasteiger partial charge in [-0.1, -0.05) is 53.9 Å². The molecule has 0 radical (unpaired) electrons. The summed E-state index contributed by atoms with van der Waals surface area (Å²) in [5, 5.41) is 2.90. The van der Waals surface area contributed by atoms with Crippen molar-refractivity contribution in [3.8, 4) is 11.3 Å². The molecule has 138 valence electrons. The lowest BCUT2D eigenvalue weighted by Gasteiger charge is -2.07. The number of halogens is 1. The van der Waals surface area contributed by atoms with E-state index >= 15 is 0 Å². The summed E-state index contributed by atoms with van der Waals surface area (Å²) in [6.45, 7) is 2.21. The Kier molecular flexibility index (Phi) is 6.77. The third-order valence-electron chi connectivity index (χ3n) is 4.44. The zero-order valence-electron chi connectivity index (χ0n) is 15.4. The summed E-state index contributed by atoms with van der Waals surface area (Å²) in [5.41, 5.74) is 4.60. The molecule has 3 nitrogen and oxygen atoms in total. The van der Waals surface area contributed by atoms with Crippen LogP contribution in [0.4, 0.5) is 5.69 Å². The van der Waals surface area contributed by atoms with Gasteiger partial charge in [-0.2, -0.15) is 0 Å². The minimum Gasteiger partial charge on any atom is -0.322 e. The number of carbonyl (C=O) groups is 1. The number of rotatable bonds is 7. The first-order valence-corrected chi connectivity index (χ1v) is 10.1. The van der Waals surface area contributed by atoms with Crippen LogP contribution in [-0.2, 0) is 6.42 Å². The van der Waals surface area contributed by atoms with E-state index in [1.807, 2.05) is 54.7 Å². The average Bonchev–Trinajstić information content (AvgIpc) is 2.70. The minimum atomic E-state index is -0.122. The van der Waals surface area contributed by atoms with Crippen LogP contribution in [0.15, 0.2) is 71.3 Å². The largest absolute Gasteiger partial charge is 0.322 e. The third kappa shape index (κ3) is 5.51. The highest BCUT2D eigenvalue weighted by molar-refractivity contribution is 9.10. The van der Waals surface area contributed by atoms with Crippen molar-refractivity contribution in [3.63, 3.8) is 0 Å². The molecule has 0 spiro atoms. The van der Waals surface area contributed by atoms with Gasteiger partial charge in [-0.3, -0.25) is 9.78 Å². The molecule has 2 aromatic carbocycles. The van der Waals surface area contributed by atoms with Gasteiger partial charge in [0.25, 0.3) is 5.91 Å². The summed E-state index contributed by atoms with van der Waals surface area (Å²) >= 11 is 3.39. The van der Waals surface area contributed by atoms with Gasteiger partial charge < -0.3 is 5.32 Å². The number of aryl methyl sites for hydroxylation is 1. The fraction of sp³-hybridized carbons (Fsp3) is 0.217. The number of anilines is 1. The van der Waals surface area contributed by atoms with E-state index < -0.39 is 0 Å². The number of aromatic nitrogens is 1. The second kappa shape index (κ2) is 9.47. The zero-order chi connectivity index (χ0) is 19.1. The van der Waals surface area contributed by atoms with E-state index in [9.17, 15) is 4.79 Å². The maximum atomic E-state index is 12.4. The van der Waals surface area contributed by atoms with Gasteiger partial charge in [0.15, 0.2) is 0 Å². The van der Waals surface area contributed by atoms with Crippen LogP contribution in [0.3, 0.4) is 0 Å². The average molecular weight is 423 g/mol. The fourth-order valence-corrected chi connectivity index (χ4v) is 3.12. The Morgan fingerprint density at radius 1 is 0.963 bits per heavy atom. The Morgan fingerprint density at radius 2 is 1.70 bits per heavy atom. The van der Waals surface area contributed by atoms with Gasteiger partial charge in [0, 0.05) is 27.5 Å². The summed E-state index contributed by atoms with van der Waals surface area (Å²) < 4.78 is 0.980. The molecule has 1 N–H and O–H groups in total. The van der Waals surface area contributed by atoms with Crippen LogP contribution in [0.5, 0.6) is 0 Å². The third-order valence-corrected chi connectivity index (χ3v) is 4.97. The predicted molar refractivity (Wildman–Crippen MR) is 115 cm³/mol. The van der Waals surface area contributed by atoms with Crippen molar-refractivity contribution in [1.82, 2.24) is 4.98 Å². The molecule has 3 aromatic rings. The highest BCUT2D eigenvalue weighted by Crippen LogP contribution is 2.20. The van der Waals surface area contributed by atoms with E-state index in [4.69, 9.17) is 0 Å². The van der Waals surface area contributed by atoms with Crippen LogP contribution < -0.4 is 5.32 Å². The Hall–Kier alpha value is -2.46. The van der Waals surface area contributed by atoms with Crippen LogP contribution in [-0.4, -0.2) is 10.9 Å². The lowest BCUT2D eigenvalue weighted by molar-refractivity contribution is 0.102. The molecule has 3 rings (SSSR count). The second-order valence-corrected chi connectivity index (χ2v) is 7.46. The predicted octanol–water partition coefficient (Wildman–Crippen LogP) is 6.50. The standard InChI is InChI=1S/C23H23BrN2O/c1-2-3-4-5-17-6-15-22(25-16-17)18-7-9-19(10-8-18)23(27)26-21-13-11-20(24)12-14-21/h6-16H,2-5H2,1H3,(H,26,27). The second-order valence-electron chi connectivity index (χ2n) is 6.55. The molecule has 0 aliphatic carbocycles. The topological polar surface area (TPSA) is 42.0 Å². The van der Waals surface area contributed by atoms with E-state index in [1.54, 1.807) is 0 Å². The fourth-order valence-electron chi connectivity index (χ4n) is 2.85. The molecule has 0 aliphatic heterocycles. The minimum absolute atomic E-state index is 0.122. The van der Waals surface area contributed by atoms with Crippen molar-refractivity contribution in [2.24, 2.45) is 0 Å². The monoisotopic (exact) mass is 422 g/mol. The Balaban J connectivity index is 1.64. The number of benzene rings is 2. The van der Waals surface area contributed by atoms with Gasteiger partial charge in [0.2, 0.25) is 0 Å². The van der Waals surface area contributed by atoms with Crippen LogP contribution >= 0.6 is 15.9 Å². The normalized spacial score (nSPS) is 10.6.